The van der Waals surface area contributed by atoms with E-state index in [4.69, 9.17) is 10.2 Å². The number of hydrogen-bond acceptors (Lipinski definition) is 2. The first-order chi connectivity index (χ1) is 4.85. The molecule has 0 heterocycles. The maximum atomic E-state index is 8.80. The Bertz CT molecular complexity index is 64.3. The molecule has 0 saturated carbocycles. The molecule has 0 radical (unpaired) electrons. The number of rotatable bonds is 6. The number of hydrogen-bond donors (Lipinski definition) is 2. The largest absolute Gasteiger partial charge is 0.396 e. The molecule has 0 fully saturated rings. The van der Waals surface area contributed by atoms with Crippen LogP contribution in [0.2, 0.25) is 0 Å². The van der Waals surface area contributed by atoms with Gasteiger partial charge in [0.15, 0.2) is 0 Å². The molecule has 0 aromatic carbocycles. The molecule has 0 aliphatic heterocycles. The SMILES string of the molecule is CCC[C@H](CO)CCCO. The fourth-order valence-electron chi connectivity index (χ4n) is 1.12. The molecular weight excluding hydrogens is 128 g/mol. The number of aliphatic hydroxyl groups excluding tert-OH is 2. The van der Waals surface area contributed by atoms with Crippen molar-refractivity contribution in [2.24, 2.45) is 5.92 Å². The fourth-order valence-corrected chi connectivity index (χ4v) is 1.12. The standard InChI is InChI=1S/C8H18O2/c1-2-4-8(7-10)5-3-6-9/h8-10H,2-7H2,1H3/t8-/m0/s1. The fraction of sp³-hybridized carbons (Fsp3) is 1.00. The summed E-state index contributed by atoms with van der Waals surface area (Å²) in [6.07, 6.45) is 3.99. The van der Waals surface area contributed by atoms with Gasteiger partial charge in [-0.2, -0.15) is 0 Å². The molecule has 2 nitrogen and oxygen atoms in total. The summed E-state index contributed by atoms with van der Waals surface area (Å²) in [4.78, 5) is 0. The summed E-state index contributed by atoms with van der Waals surface area (Å²) in [5.74, 6) is 0.414. The van der Waals surface area contributed by atoms with Crippen LogP contribution in [-0.2, 0) is 0 Å². The van der Waals surface area contributed by atoms with Crippen molar-refractivity contribution in [3.8, 4) is 0 Å². The maximum absolute atomic E-state index is 8.80. The molecule has 1 atom stereocenters. The van der Waals surface area contributed by atoms with Crippen molar-refractivity contribution in [1.29, 1.82) is 0 Å². The minimum Gasteiger partial charge on any atom is -0.396 e. The Morgan fingerprint density at radius 1 is 1.20 bits per heavy atom. The van der Waals surface area contributed by atoms with E-state index in [0.717, 1.165) is 25.7 Å². The summed E-state index contributed by atoms with van der Waals surface area (Å²) in [6.45, 7) is 2.63. The van der Waals surface area contributed by atoms with Crippen molar-refractivity contribution in [3.05, 3.63) is 0 Å². The Kier molecular flexibility index (Phi) is 6.98. The topological polar surface area (TPSA) is 40.5 Å². The molecule has 0 aliphatic carbocycles. The second-order valence-electron chi connectivity index (χ2n) is 2.70. The van der Waals surface area contributed by atoms with E-state index < -0.39 is 0 Å². The van der Waals surface area contributed by atoms with Gasteiger partial charge in [0.25, 0.3) is 0 Å². The van der Waals surface area contributed by atoms with Gasteiger partial charge in [-0.15, -0.1) is 0 Å². The second kappa shape index (κ2) is 7.03. The third kappa shape index (κ3) is 4.77. The molecule has 10 heavy (non-hydrogen) atoms. The average Bonchev–Trinajstić information content (AvgIpc) is 1.98. The third-order valence-electron chi connectivity index (χ3n) is 1.73. The van der Waals surface area contributed by atoms with Crippen LogP contribution in [0.4, 0.5) is 0 Å². The highest BCUT2D eigenvalue weighted by Crippen LogP contribution is 2.11. The summed E-state index contributed by atoms with van der Waals surface area (Å²) in [6, 6.07) is 0. The summed E-state index contributed by atoms with van der Waals surface area (Å²) in [7, 11) is 0. The van der Waals surface area contributed by atoms with Crippen molar-refractivity contribution in [2.75, 3.05) is 13.2 Å². The predicted molar refractivity (Wildman–Crippen MR) is 41.8 cm³/mol. The molecular formula is C8H18O2. The van der Waals surface area contributed by atoms with Crippen LogP contribution in [0.3, 0.4) is 0 Å². The quantitative estimate of drug-likeness (QED) is 0.590. The molecule has 2 N–H and O–H groups in total. The minimum atomic E-state index is 0.250. The molecule has 0 rings (SSSR count). The van der Waals surface area contributed by atoms with Gasteiger partial charge in [0.2, 0.25) is 0 Å². The van der Waals surface area contributed by atoms with Gasteiger partial charge in [-0.05, 0) is 25.2 Å². The van der Waals surface area contributed by atoms with Crippen LogP contribution in [0, 0.1) is 5.92 Å². The normalized spacial score (nSPS) is 13.5. The second-order valence-corrected chi connectivity index (χ2v) is 2.70. The smallest absolute Gasteiger partial charge is 0.0459 e. The van der Waals surface area contributed by atoms with E-state index in [9.17, 15) is 0 Å². The summed E-state index contributed by atoms with van der Waals surface area (Å²) in [5, 5.41) is 17.3. The van der Waals surface area contributed by atoms with E-state index in [-0.39, 0.29) is 13.2 Å². The van der Waals surface area contributed by atoms with Crippen molar-refractivity contribution >= 4 is 0 Å². The van der Waals surface area contributed by atoms with Gasteiger partial charge >= 0.3 is 0 Å². The first-order valence-corrected chi connectivity index (χ1v) is 4.06. The molecule has 0 unspecified atom stereocenters. The summed E-state index contributed by atoms with van der Waals surface area (Å²) < 4.78 is 0. The van der Waals surface area contributed by atoms with Crippen molar-refractivity contribution in [3.63, 3.8) is 0 Å². The van der Waals surface area contributed by atoms with E-state index in [1.165, 1.54) is 0 Å². The van der Waals surface area contributed by atoms with Crippen LogP contribution in [0.1, 0.15) is 32.6 Å². The highest BCUT2D eigenvalue weighted by molar-refractivity contribution is 4.55. The van der Waals surface area contributed by atoms with Crippen LogP contribution in [0.15, 0.2) is 0 Å². The molecule has 0 saturated heterocycles. The summed E-state index contributed by atoms with van der Waals surface area (Å²) >= 11 is 0. The summed E-state index contributed by atoms with van der Waals surface area (Å²) in [5.41, 5.74) is 0. The van der Waals surface area contributed by atoms with E-state index in [0.29, 0.717) is 5.92 Å². The maximum Gasteiger partial charge on any atom is 0.0459 e. The minimum absolute atomic E-state index is 0.250. The first-order valence-electron chi connectivity index (χ1n) is 4.06. The molecule has 0 spiro atoms. The first kappa shape index (κ1) is 9.92. The van der Waals surface area contributed by atoms with Crippen molar-refractivity contribution < 1.29 is 10.2 Å². The third-order valence-corrected chi connectivity index (χ3v) is 1.73. The lowest BCUT2D eigenvalue weighted by Gasteiger charge is -2.10. The van der Waals surface area contributed by atoms with Gasteiger partial charge in [0.1, 0.15) is 0 Å². The van der Waals surface area contributed by atoms with Crippen LogP contribution < -0.4 is 0 Å². The number of aliphatic hydroxyl groups is 2. The molecule has 0 amide bonds. The molecule has 62 valence electrons. The van der Waals surface area contributed by atoms with E-state index in [1.807, 2.05) is 0 Å². The Labute approximate surface area is 62.9 Å². The zero-order chi connectivity index (χ0) is 7.82. The zero-order valence-corrected chi connectivity index (χ0v) is 6.71. The van der Waals surface area contributed by atoms with Gasteiger partial charge in [-0.3, -0.25) is 0 Å². The van der Waals surface area contributed by atoms with Gasteiger partial charge < -0.3 is 10.2 Å². The molecule has 0 aromatic heterocycles. The van der Waals surface area contributed by atoms with Crippen molar-refractivity contribution in [2.45, 2.75) is 32.6 Å². The molecule has 0 aromatic rings. The Balaban J connectivity index is 3.21. The predicted octanol–water partition coefficient (Wildman–Crippen LogP) is 1.17. The highest BCUT2D eigenvalue weighted by atomic mass is 16.3. The van der Waals surface area contributed by atoms with Crippen molar-refractivity contribution in [1.82, 2.24) is 0 Å². The van der Waals surface area contributed by atoms with Gasteiger partial charge in [-0.25, -0.2) is 0 Å². The molecule has 0 aliphatic rings. The zero-order valence-electron chi connectivity index (χ0n) is 6.71. The van der Waals surface area contributed by atoms with Crippen LogP contribution in [-0.4, -0.2) is 23.4 Å². The average molecular weight is 146 g/mol. The lowest BCUT2D eigenvalue weighted by atomic mass is 9.99. The monoisotopic (exact) mass is 146 g/mol. The van der Waals surface area contributed by atoms with Crippen LogP contribution in [0.25, 0.3) is 0 Å². The Hall–Kier alpha value is -0.0800. The van der Waals surface area contributed by atoms with Crippen LogP contribution in [0.5, 0.6) is 0 Å². The molecule has 2 heteroatoms. The Morgan fingerprint density at radius 2 is 1.90 bits per heavy atom. The van der Waals surface area contributed by atoms with E-state index in [1.54, 1.807) is 0 Å². The van der Waals surface area contributed by atoms with E-state index in [2.05, 4.69) is 6.92 Å². The van der Waals surface area contributed by atoms with Crippen LogP contribution >= 0.6 is 0 Å². The molecule has 0 bridgehead atoms. The van der Waals surface area contributed by atoms with Gasteiger partial charge in [0.05, 0.1) is 0 Å². The Morgan fingerprint density at radius 3 is 2.30 bits per heavy atom. The van der Waals surface area contributed by atoms with Gasteiger partial charge in [0, 0.05) is 13.2 Å². The van der Waals surface area contributed by atoms with E-state index >= 15 is 0 Å². The lowest BCUT2D eigenvalue weighted by Crippen LogP contribution is -2.06. The van der Waals surface area contributed by atoms with Gasteiger partial charge in [-0.1, -0.05) is 13.3 Å². The highest BCUT2D eigenvalue weighted by Gasteiger charge is 2.04. The lowest BCUT2D eigenvalue weighted by molar-refractivity contribution is 0.194.